The molecule has 0 aliphatic rings. The molecule has 1 aromatic heterocycles. The highest BCUT2D eigenvalue weighted by Gasteiger charge is 2.00. The van der Waals surface area contributed by atoms with Crippen LogP contribution >= 0.6 is 0 Å². The number of nitrogens with zero attached hydrogens (tertiary/aromatic N) is 2. The zero-order chi connectivity index (χ0) is 9.68. The summed E-state index contributed by atoms with van der Waals surface area (Å²) in [7, 11) is 0. The Morgan fingerprint density at radius 1 is 1.23 bits per heavy atom. The van der Waals surface area contributed by atoms with Gasteiger partial charge in [0.2, 0.25) is 0 Å². The number of rotatable bonds is 4. The molecular formula is C11H18N2. The molecule has 13 heavy (non-hydrogen) atoms. The van der Waals surface area contributed by atoms with Crippen molar-refractivity contribution in [2.45, 2.75) is 27.3 Å². The molecule has 0 aromatic carbocycles. The molecule has 0 spiro atoms. The molecule has 0 aliphatic heterocycles. The molecular weight excluding hydrogens is 160 g/mol. The van der Waals surface area contributed by atoms with E-state index in [0.717, 1.165) is 25.3 Å². The van der Waals surface area contributed by atoms with Gasteiger partial charge in [-0.2, -0.15) is 0 Å². The van der Waals surface area contributed by atoms with Gasteiger partial charge in [-0.05, 0) is 31.6 Å². The summed E-state index contributed by atoms with van der Waals surface area (Å²) in [6, 6.07) is 4.22. The first-order valence-electron chi connectivity index (χ1n) is 4.90. The number of pyridine rings is 1. The average molecular weight is 178 g/mol. The minimum absolute atomic E-state index is 1.01. The van der Waals surface area contributed by atoms with Crippen LogP contribution in [-0.4, -0.2) is 23.0 Å². The molecule has 0 saturated heterocycles. The zero-order valence-corrected chi connectivity index (χ0v) is 8.75. The summed E-state index contributed by atoms with van der Waals surface area (Å²) in [5, 5.41) is 0. The third-order valence-electron chi connectivity index (χ3n) is 2.27. The zero-order valence-electron chi connectivity index (χ0n) is 8.75. The van der Waals surface area contributed by atoms with Crippen LogP contribution in [0.25, 0.3) is 0 Å². The molecule has 0 aliphatic carbocycles. The summed E-state index contributed by atoms with van der Waals surface area (Å²) >= 11 is 0. The molecule has 1 rings (SSSR count). The molecule has 0 radical (unpaired) electrons. The van der Waals surface area contributed by atoms with Crippen LogP contribution in [0.5, 0.6) is 0 Å². The quantitative estimate of drug-likeness (QED) is 0.703. The van der Waals surface area contributed by atoms with E-state index in [1.807, 2.05) is 13.1 Å². The van der Waals surface area contributed by atoms with E-state index in [4.69, 9.17) is 0 Å². The van der Waals surface area contributed by atoms with Crippen LogP contribution in [0.1, 0.15) is 25.1 Å². The molecule has 0 atom stereocenters. The highest BCUT2D eigenvalue weighted by molar-refractivity contribution is 5.12. The highest BCUT2D eigenvalue weighted by Crippen LogP contribution is 2.03. The fourth-order valence-corrected chi connectivity index (χ4v) is 1.30. The highest BCUT2D eigenvalue weighted by atomic mass is 15.1. The Hall–Kier alpha value is -0.890. The van der Waals surface area contributed by atoms with Crippen LogP contribution in [0.3, 0.4) is 0 Å². The van der Waals surface area contributed by atoms with Crippen molar-refractivity contribution in [3.63, 3.8) is 0 Å². The van der Waals surface area contributed by atoms with Crippen molar-refractivity contribution in [3.8, 4) is 0 Å². The van der Waals surface area contributed by atoms with Gasteiger partial charge in [0, 0.05) is 18.4 Å². The Morgan fingerprint density at radius 2 is 1.92 bits per heavy atom. The van der Waals surface area contributed by atoms with Crippen LogP contribution in [0, 0.1) is 6.92 Å². The van der Waals surface area contributed by atoms with Crippen LogP contribution in [0.15, 0.2) is 18.3 Å². The molecule has 0 amide bonds. The second-order valence-electron chi connectivity index (χ2n) is 3.27. The third kappa shape index (κ3) is 3.15. The molecule has 0 unspecified atom stereocenters. The lowest BCUT2D eigenvalue weighted by Gasteiger charge is -2.17. The van der Waals surface area contributed by atoms with E-state index in [-0.39, 0.29) is 0 Å². The van der Waals surface area contributed by atoms with Crippen molar-refractivity contribution in [3.05, 3.63) is 29.6 Å². The summed E-state index contributed by atoms with van der Waals surface area (Å²) in [6.45, 7) is 9.60. The number of hydrogen-bond acceptors (Lipinski definition) is 2. The fourth-order valence-electron chi connectivity index (χ4n) is 1.30. The van der Waals surface area contributed by atoms with E-state index >= 15 is 0 Å². The summed E-state index contributed by atoms with van der Waals surface area (Å²) in [5.74, 6) is 0. The van der Waals surface area contributed by atoms with Crippen molar-refractivity contribution in [2.75, 3.05) is 13.1 Å². The van der Waals surface area contributed by atoms with Gasteiger partial charge in [-0.1, -0.05) is 19.9 Å². The van der Waals surface area contributed by atoms with Crippen LogP contribution in [0.2, 0.25) is 0 Å². The average Bonchev–Trinajstić information content (AvgIpc) is 2.17. The maximum Gasteiger partial charge on any atom is 0.0372 e. The minimum atomic E-state index is 1.01. The Morgan fingerprint density at radius 3 is 2.38 bits per heavy atom. The Balaban J connectivity index is 2.58. The van der Waals surface area contributed by atoms with Gasteiger partial charge in [0.05, 0.1) is 0 Å². The topological polar surface area (TPSA) is 16.1 Å². The van der Waals surface area contributed by atoms with Crippen LogP contribution in [0.4, 0.5) is 0 Å². The van der Waals surface area contributed by atoms with Gasteiger partial charge >= 0.3 is 0 Å². The summed E-state index contributed by atoms with van der Waals surface area (Å²) in [4.78, 5) is 6.66. The van der Waals surface area contributed by atoms with Crippen molar-refractivity contribution < 1.29 is 0 Å². The van der Waals surface area contributed by atoms with Crippen molar-refractivity contribution in [2.24, 2.45) is 0 Å². The maximum atomic E-state index is 4.27. The number of hydrogen-bond donors (Lipinski definition) is 0. The van der Waals surface area contributed by atoms with E-state index in [9.17, 15) is 0 Å². The van der Waals surface area contributed by atoms with Gasteiger partial charge < -0.3 is 0 Å². The Kier molecular flexibility index (Phi) is 3.90. The van der Waals surface area contributed by atoms with Crippen LogP contribution < -0.4 is 0 Å². The molecule has 0 fully saturated rings. The van der Waals surface area contributed by atoms with E-state index in [1.165, 1.54) is 5.56 Å². The van der Waals surface area contributed by atoms with Crippen molar-refractivity contribution >= 4 is 0 Å². The van der Waals surface area contributed by atoms with E-state index in [1.54, 1.807) is 0 Å². The molecule has 2 nitrogen and oxygen atoms in total. The second kappa shape index (κ2) is 4.97. The standard InChI is InChI=1S/C11H18N2/c1-4-13(5-2)9-11-7-6-10(3)12-8-11/h6-8H,4-5,9H2,1-3H3. The van der Waals surface area contributed by atoms with Gasteiger partial charge in [0.15, 0.2) is 0 Å². The molecule has 1 heterocycles. The van der Waals surface area contributed by atoms with Gasteiger partial charge in [0.25, 0.3) is 0 Å². The largest absolute Gasteiger partial charge is 0.300 e. The number of aromatic nitrogens is 1. The summed E-state index contributed by atoms with van der Waals surface area (Å²) in [5.41, 5.74) is 2.39. The maximum absolute atomic E-state index is 4.27. The molecule has 0 saturated carbocycles. The molecule has 0 bridgehead atoms. The first-order chi connectivity index (χ1) is 6.26. The molecule has 72 valence electrons. The predicted octanol–water partition coefficient (Wildman–Crippen LogP) is 2.23. The van der Waals surface area contributed by atoms with Gasteiger partial charge in [-0.3, -0.25) is 9.88 Å². The SMILES string of the molecule is CCN(CC)Cc1ccc(C)nc1. The fraction of sp³-hybridized carbons (Fsp3) is 0.545. The molecule has 0 N–H and O–H groups in total. The first-order valence-corrected chi connectivity index (χ1v) is 4.90. The summed E-state index contributed by atoms with van der Waals surface area (Å²) < 4.78 is 0. The van der Waals surface area contributed by atoms with E-state index in [0.29, 0.717) is 0 Å². The van der Waals surface area contributed by atoms with Gasteiger partial charge in [0.1, 0.15) is 0 Å². The smallest absolute Gasteiger partial charge is 0.0372 e. The number of aryl methyl sites for hydroxylation is 1. The van der Waals surface area contributed by atoms with Crippen molar-refractivity contribution in [1.82, 2.24) is 9.88 Å². The second-order valence-corrected chi connectivity index (χ2v) is 3.27. The van der Waals surface area contributed by atoms with Crippen LogP contribution in [-0.2, 0) is 6.54 Å². The Bertz CT molecular complexity index is 237. The van der Waals surface area contributed by atoms with Gasteiger partial charge in [-0.25, -0.2) is 0 Å². The third-order valence-corrected chi connectivity index (χ3v) is 2.27. The molecule has 1 aromatic rings. The Labute approximate surface area is 80.6 Å². The lowest BCUT2D eigenvalue weighted by Crippen LogP contribution is -2.22. The van der Waals surface area contributed by atoms with Crippen molar-refractivity contribution in [1.29, 1.82) is 0 Å². The lowest BCUT2D eigenvalue weighted by atomic mass is 10.2. The summed E-state index contributed by atoms with van der Waals surface area (Å²) in [6.07, 6.45) is 1.97. The lowest BCUT2D eigenvalue weighted by molar-refractivity contribution is 0.295. The van der Waals surface area contributed by atoms with E-state index < -0.39 is 0 Å². The molecule has 2 heteroatoms. The first kappa shape index (κ1) is 10.2. The monoisotopic (exact) mass is 178 g/mol. The van der Waals surface area contributed by atoms with Gasteiger partial charge in [-0.15, -0.1) is 0 Å². The van der Waals surface area contributed by atoms with E-state index in [2.05, 4.69) is 35.9 Å². The minimum Gasteiger partial charge on any atom is -0.300 e. The predicted molar refractivity (Wildman–Crippen MR) is 55.6 cm³/mol. The normalized spacial score (nSPS) is 10.8.